The molecule has 0 aliphatic rings. The van der Waals surface area contributed by atoms with Gasteiger partial charge in [-0.25, -0.2) is 0 Å². The molecule has 1 aromatic carbocycles. The van der Waals surface area contributed by atoms with Gasteiger partial charge in [-0.1, -0.05) is 6.07 Å². The van der Waals surface area contributed by atoms with Crippen LogP contribution in [0.15, 0.2) is 30.3 Å². The number of aromatic nitrogens is 1. The van der Waals surface area contributed by atoms with Crippen LogP contribution in [0.5, 0.6) is 17.4 Å². The molecule has 1 aromatic heterocycles. The van der Waals surface area contributed by atoms with Gasteiger partial charge >= 0.3 is 0 Å². The molecule has 0 saturated heterocycles. The van der Waals surface area contributed by atoms with Crippen molar-refractivity contribution >= 4 is 11.5 Å². The van der Waals surface area contributed by atoms with E-state index in [9.17, 15) is 10.1 Å². The highest BCUT2D eigenvalue weighted by Gasteiger charge is 2.13. The number of rotatable bonds is 5. The maximum atomic E-state index is 10.8. The van der Waals surface area contributed by atoms with Gasteiger partial charge in [0.15, 0.2) is 11.5 Å². The SMILES string of the molecule is COc1cc(CO)ccc1Oc1cc([N+](=O)[O-])cc(N)n1. The molecule has 0 bridgehead atoms. The Kier molecular flexibility index (Phi) is 4.19. The molecule has 2 aromatic rings. The van der Waals surface area contributed by atoms with Gasteiger partial charge in [0.1, 0.15) is 5.82 Å². The van der Waals surface area contributed by atoms with Crippen molar-refractivity contribution in [3.8, 4) is 17.4 Å². The Bertz CT molecular complexity index is 675. The lowest BCUT2D eigenvalue weighted by molar-refractivity contribution is -0.384. The standard InChI is InChI=1S/C13H13N3O5/c1-20-11-4-8(7-17)2-3-10(11)21-13-6-9(16(18)19)5-12(14)15-13/h2-6,17H,7H2,1H3,(H2,14,15). The number of pyridine rings is 1. The van der Waals surface area contributed by atoms with E-state index >= 15 is 0 Å². The minimum Gasteiger partial charge on any atom is -0.493 e. The van der Waals surface area contributed by atoms with E-state index < -0.39 is 4.92 Å². The third-order valence-electron chi connectivity index (χ3n) is 2.64. The Hall–Kier alpha value is -2.87. The molecule has 21 heavy (non-hydrogen) atoms. The summed E-state index contributed by atoms with van der Waals surface area (Å²) in [5, 5.41) is 19.9. The van der Waals surface area contributed by atoms with Crippen molar-refractivity contribution in [2.24, 2.45) is 0 Å². The number of hydrogen-bond donors (Lipinski definition) is 2. The van der Waals surface area contributed by atoms with Crippen LogP contribution in [-0.2, 0) is 6.61 Å². The second kappa shape index (κ2) is 6.06. The lowest BCUT2D eigenvalue weighted by Crippen LogP contribution is -1.98. The molecule has 0 radical (unpaired) electrons. The average molecular weight is 291 g/mol. The van der Waals surface area contributed by atoms with E-state index in [-0.39, 0.29) is 24.0 Å². The summed E-state index contributed by atoms with van der Waals surface area (Å²) in [6.45, 7) is -0.140. The van der Waals surface area contributed by atoms with E-state index in [1.54, 1.807) is 18.2 Å². The van der Waals surface area contributed by atoms with Gasteiger partial charge in [0.05, 0.1) is 30.8 Å². The van der Waals surface area contributed by atoms with Crippen LogP contribution in [0, 0.1) is 10.1 Å². The van der Waals surface area contributed by atoms with Gasteiger partial charge in [0.25, 0.3) is 5.69 Å². The second-order valence-electron chi connectivity index (χ2n) is 4.09. The fourth-order valence-corrected chi connectivity index (χ4v) is 1.68. The van der Waals surface area contributed by atoms with Crippen LogP contribution >= 0.6 is 0 Å². The largest absolute Gasteiger partial charge is 0.493 e. The number of nitro groups is 1. The van der Waals surface area contributed by atoms with Crippen LogP contribution < -0.4 is 15.2 Å². The van der Waals surface area contributed by atoms with Crippen LogP contribution in [0.2, 0.25) is 0 Å². The van der Waals surface area contributed by atoms with Gasteiger partial charge in [0, 0.05) is 0 Å². The number of nitrogens with zero attached hydrogens (tertiary/aromatic N) is 2. The Balaban J connectivity index is 2.35. The number of aliphatic hydroxyl groups is 1. The lowest BCUT2D eigenvalue weighted by Gasteiger charge is -2.11. The summed E-state index contributed by atoms with van der Waals surface area (Å²) in [6.07, 6.45) is 0. The zero-order valence-corrected chi connectivity index (χ0v) is 11.1. The summed E-state index contributed by atoms with van der Waals surface area (Å²) >= 11 is 0. The average Bonchev–Trinajstić information content (AvgIpc) is 2.47. The van der Waals surface area contributed by atoms with E-state index in [1.165, 1.54) is 7.11 Å². The summed E-state index contributed by atoms with van der Waals surface area (Å²) in [7, 11) is 1.44. The number of nitrogen functional groups attached to an aromatic ring is 1. The Morgan fingerprint density at radius 1 is 1.33 bits per heavy atom. The molecule has 0 fully saturated rings. The fraction of sp³-hybridized carbons (Fsp3) is 0.154. The van der Waals surface area contributed by atoms with E-state index in [4.69, 9.17) is 20.3 Å². The van der Waals surface area contributed by atoms with Gasteiger partial charge in [-0.3, -0.25) is 10.1 Å². The van der Waals surface area contributed by atoms with Crippen molar-refractivity contribution in [1.29, 1.82) is 0 Å². The molecule has 0 spiro atoms. The lowest BCUT2D eigenvalue weighted by atomic mass is 10.2. The number of hydrogen-bond acceptors (Lipinski definition) is 7. The van der Waals surface area contributed by atoms with Crippen LogP contribution in [0.4, 0.5) is 11.5 Å². The number of benzene rings is 1. The third kappa shape index (κ3) is 3.37. The van der Waals surface area contributed by atoms with Crippen LogP contribution in [0.3, 0.4) is 0 Å². The molecule has 0 saturated carbocycles. The predicted octanol–water partition coefficient (Wildman–Crippen LogP) is 1.87. The maximum absolute atomic E-state index is 10.8. The van der Waals surface area contributed by atoms with Gasteiger partial charge in [-0.05, 0) is 17.7 Å². The minimum atomic E-state index is -0.586. The first-order chi connectivity index (χ1) is 10.0. The zero-order valence-electron chi connectivity index (χ0n) is 11.1. The molecule has 0 amide bonds. The van der Waals surface area contributed by atoms with Crippen LogP contribution in [0.1, 0.15) is 5.56 Å². The Morgan fingerprint density at radius 3 is 2.71 bits per heavy atom. The summed E-state index contributed by atoms with van der Waals surface area (Å²) < 4.78 is 10.6. The smallest absolute Gasteiger partial charge is 0.278 e. The minimum absolute atomic E-state index is 0.0169. The van der Waals surface area contributed by atoms with Crippen molar-refractivity contribution < 1.29 is 19.5 Å². The van der Waals surface area contributed by atoms with Gasteiger partial charge in [0.2, 0.25) is 5.88 Å². The maximum Gasteiger partial charge on any atom is 0.278 e. The molecule has 0 unspecified atom stereocenters. The number of methoxy groups -OCH3 is 1. The molecule has 8 heteroatoms. The normalized spacial score (nSPS) is 10.2. The van der Waals surface area contributed by atoms with Gasteiger partial charge < -0.3 is 20.3 Å². The predicted molar refractivity (Wildman–Crippen MR) is 74.3 cm³/mol. The molecular weight excluding hydrogens is 278 g/mol. The monoisotopic (exact) mass is 291 g/mol. The molecule has 0 aliphatic carbocycles. The van der Waals surface area contributed by atoms with Crippen molar-refractivity contribution in [3.63, 3.8) is 0 Å². The molecule has 0 atom stereocenters. The Labute approximate surface area is 119 Å². The molecule has 2 rings (SSSR count). The first kappa shape index (κ1) is 14.5. The quantitative estimate of drug-likeness (QED) is 0.637. The van der Waals surface area contributed by atoms with Crippen molar-refractivity contribution in [1.82, 2.24) is 4.98 Å². The summed E-state index contributed by atoms with van der Waals surface area (Å²) in [5.41, 5.74) is 5.93. The third-order valence-corrected chi connectivity index (χ3v) is 2.64. The van der Waals surface area contributed by atoms with Gasteiger partial charge in [-0.2, -0.15) is 4.98 Å². The van der Waals surface area contributed by atoms with Gasteiger partial charge in [-0.15, -0.1) is 0 Å². The highest BCUT2D eigenvalue weighted by Crippen LogP contribution is 2.33. The summed E-state index contributed by atoms with van der Waals surface area (Å²) in [4.78, 5) is 14.1. The molecule has 1 heterocycles. The number of aliphatic hydroxyl groups excluding tert-OH is 1. The number of ether oxygens (including phenoxy) is 2. The van der Waals surface area contributed by atoms with Crippen LogP contribution in [-0.4, -0.2) is 22.1 Å². The highest BCUT2D eigenvalue weighted by molar-refractivity contribution is 5.49. The molecule has 0 aliphatic heterocycles. The topological polar surface area (TPSA) is 121 Å². The molecule has 8 nitrogen and oxygen atoms in total. The van der Waals surface area contributed by atoms with E-state index in [0.717, 1.165) is 12.1 Å². The zero-order chi connectivity index (χ0) is 15.4. The van der Waals surface area contributed by atoms with E-state index in [1.807, 2.05) is 0 Å². The molecular formula is C13H13N3O5. The fourth-order valence-electron chi connectivity index (χ4n) is 1.68. The molecule has 110 valence electrons. The van der Waals surface area contributed by atoms with E-state index in [0.29, 0.717) is 17.1 Å². The van der Waals surface area contributed by atoms with E-state index in [2.05, 4.69) is 4.98 Å². The summed E-state index contributed by atoms with van der Waals surface area (Å²) in [6, 6.07) is 7.10. The van der Waals surface area contributed by atoms with Crippen LogP contribution in [0.25, 0.3) is 0 Å². The summed E-state index contributed by atoms with van der Waals surface area (Å²) in [5.74, 6) is 0.636. The molecule has 3 N–H and O–H groups in total. The van der Waals surface area contributed by atoms with Crippen molar-refractivity contribution in [2.45, 2.75) is 6.61 Å². The van der Waals surface area contributed by atoms with Crippen molar-refractivity contribution in [3.05, 3.63) is 46.0 Å². The highest BCUT2D eigenvalue weighted by atomic mass is 16.6. The first-order valence-electron chi connectivity index (χ1n) is 5.91. The number of nitrogens with two attached hydrogens (primary N) is 1. The second-order valence-corrected chi connectivity index (χ2v) is 4.09. The van der Waals surface area contributed by atoms with Crippen molar-refractivity contribution in [2.75, 3.05) is 12.8 Å². The first-order valence-corrected chi connectivity index (χ1v) is 5.91. The Morgan fingerprint density at radius 2 is 2.10 bits per heavy atom. The number of anilines is 1.